The van der Waals surface area contributed by atoms with Gasteiger partial charge in [0.15, 0.2) is 0 Å². The number of primary sulfonamides is 1. The van der Waals surface area contributed by atoms with E-state index in [4.69, 9.17) is 5.14 Å². The summed E-state index contributed by atoms with van der Waals surface area (Å²) < 4.78 is 49.6. The molecule has 0 aromatic heterocycles. The minimum absolute atomic E-state index is 0.0232. The van der Waals surface area contributed by atoms with Crippen LogP contribution in [0.3, 0.4) is 0 Å². The first-order chi connectivity index (χ1) is 10.2. The topological polar surface area (TPSA) is 106 Å². The molecule has 0 fully saturated rings. The zero-order chi connectivity index (χ0) is 16.4. The minimum atomic E-state index is -3.76. The van der Waals surface area contributed by atoms with E-state index in [0.717, 1.165) is 0 Å². The first kappa shape index (κ1) is 17.1. The summed E-state index contributed by atoms with van der Waals surface area (Å²) in [7, 11) is -7.42. The second-order valence-electron chi connectivity index (χ2n) is 4.44. The highest BCUT2D eigenvalue weighted by atomic mass is 79.9. The van der Waals surface area contributed by atoms with Crippen LogP contribution in [0.2, 0.25) is 0 Å². The van der Waals surface area contributed by atoms with Crippen LogP contribution in [0.15, 0.2) is 62.8 Å². The number of nitrogens with one attached hydrogen (secondary N) is 1. The highest BCUT2D eigenvalue weighted by Gasteiger charge is 2.16. The Balaban J connectivity index is 2.15. The van der Waals surface area contributed by atoms with Crippen molar-refractivity contribution in [1.29, 1.82) is 0 Å². The Bertz CT molecular complexity index is 879. The molecule has 0 spiro atoms. The largest absolute Gasteiger partial charge is 0.241 e. The van der Waals surface area contributed by atoms with Crippen molar-refractivity contribution in [2.45, 2.75) is 16.3 Å². The average Bonchev–Trinajstić information content (AvgIpc) is 2.45. The van der Waals surface area contributed by atoms with Gasteiger partial charge in [-0.05, 0) is 45.8 Å². The van der Waals surface area contributed by atoms with Gasteiger partial charge in [-0.3, -0.25) is 0 Å². The van der Waals surface area contributed by atoms with E-state index in [2.05, 4.69) is 20.7 Å². The number of hydrogen-bond donors (Lipinski definition) is 2. The van der Waals surface area contributed by atoms with Gasteiger partial charge in [0.1, 0.15) is 0 Å². The maximum atomic E-state index is 12.2. The molecular weight excluding hydrogens is 392 g/mol. The molecule has 118 valence electrons. The van der Waals surface area contributed by atoms with E-state index in [0.29, 0.717) is 10.0 Å². The van der Waals surface area contributed by atoms with Crippen LogP contribution in [0.1, 0.15) is 5.56 Å². The zero-order valence-corrected chi connectivity index (χ0v) is 14.4. The van der Waals surface area contributed by atoms with Gasteiger partial charge < -0.3 is 0 Å². The van der Waals surface area contributed by atoms with Gasteiger partial charge in [-0.2, -0.15) is 0 Å². The number of rotatable bonds is 5. The molecule has 0 radical (unpaired) electrons. The summed E-state index contributed by atoms with van der Waals surface area (Å²) in [5, 5.41) is 5.00. The lowest BCUT2D eigenvalue weighted by Crippen LogP contribution is -2.23. The van der Waals surface area contributed by atoms with E-state index >= 15 is 0 Å². The van der Waals surface area contributed by atoms with Gasteiger partial charge in [-0.25, -0.2) is 26.7 Å². The average molecular weight is 405 g/mol. The molecule has 0 aliphatic heterocycles. The van der Waals surface area contributed by atoms with Crippen molar-refractivity contribution in [3.05, 3.63) is 58.6 Å². The molecule has 22 heavy (non-hydrogen) atoms. The second kappa shape index (κ2) is 6.47. The molecule has 0 amide bonds. The van der Waals surface area contributed by atoms with Gasteiger partial charge in [0.25, 0.3) is 0 Å². The molecule has 3 N–H and O–H groups in total. The Labute approximate surface area is 137 Å². The standard InChI is InChI=1S/C13H13BrN2O4S2/c14-12-3-1-2-4-13(12)22(19,20)16-9-10-5-7-11(8-6-10)21(15,17)18/h1-8,16H,9H2,(H2,15,17,18). The van der Waals surface area contributed by atoms with Crippen molar-refractivity contribution < 1.29 is 16.8 Å². The maximum Gasteiger partial charge on any atom is 0.241 e. The first-order valence-corrected chi connectivity index (χ1v) is 9.88. The third kappa shape index (κ3) is 4.14. The lowest BCUT2D eigenvalue weighted by molar-refractivity contribution is 0.580. The highest BCUT2D eigenvalue weighted by molar-refractivity contribution is 9.10. The summed E-state index contributed by atoms with van der Waals surface area (Å²) in [5.41, 5.74) is 0.614. The summed E-state index contributed by atoms with van der Waals surface area (Å²) in [5.74, 6) is 0. The SMILES string of the molecule is NS(=O)(=O)c1ccc(CNS(=O)(=O)c2ccccc2Br)cc1. The summed E-state index contributed by atoms with van der Waals surface area (Å²) >= 11 is 3.19. The Hall–Kier alpha value is -1.26. The van der Waals surface area contributed by atoms with Crippen molar-refractivity contribution in [3.63, 3.8) is 0 Å². The van der Waals surface area contributed by atoms with E-state index < -0.39 is 20.0 Å². The molecule has 0 bridgehead atoms. The van der Waals surface area contributed by atoms with Crippen LogP contribution in [0.5, 0.6) is 0 Å². The van der Waals surface area contributed by atoms with Crippen LogP contribution in [-0.2, 0) is 26.6 Å². The molecule has 0 unspecified atom stereocenters. The van der Waals surface area contributed by atoms with Crippen LogP contribution >= 0.6 is 15.9 Å². The molecule has 0 atom stereocenters. The Kier molecular flexibility index (Phi) is 5.03. The third-order valence-corrected chi connectivity index (χ3v) is 6.19. The Morgan fingerprint density at radius 1 is 0.955 bits per heavy atom. The zero-order valence-electron chi connectivity index (χ0n) is 11.2. The van der Waals surface area contributed by atoms with E-state index in [-0.39, 0.29) is 16.3 Å². The summed E-state index contributed by atoms with van der Waals surface area (Å²) in [6.07, 6.45) is 0. The summed E-state index contributed by atoms with van der Waals surface area (Å²) in [6.45, 7) is 0.0363. The lowest BCUT2D eigenvalue weighted by atomic mass is 10.2. The van der Waals surface area contributed by atoms with Crippen LogP contribution in [0.25, 0.3) is 0 Å². The van der Waals surface area contributed by atoms with Crippen molar-refractivity contribution in [2.75, 3.05) is 0 Å². The number of sulfonamides is 2. The number of benzene rings is 2. The van der Waals surface area contributed by atoms with Gasteiger partial charge in [0, 0.05) is 11.0 Å². The lowest BCUT2D eigenvalue weighted by Gasteiger charge is -2.08. The molecule has 9 heteroatoms. The Morgan fingerprint density at radius 2 is 1.55 bits per heavy atom. The molecule has 0 heterocycles. The number of nitrogens with two attached hydrogens (primary N) is 1. The van der Waals surface area contributed by atoms with Gasteiger partial charge in [0.05, 0.1) is 9.79 Å². The van der Waals surface area contributed by atoms with Crippen LogP contribution in [0.4, 0.5) is 0 Å². The number of hydrogen-bond acceptors (Lipinski definition) is 4. The molecule has 6 nitrogen and oxygen atoms in total. The Morgan fingerprint density at radius 3 is 2.09 bits per heavy atom. The molecule has 0 aliphatic carbocycles. The minimum Gasteiger partial charge on any atom is -0.225 e. The van der Waals surface area contributed by atoms with Crippen molar-refractivity contribution in [3.8, 4) is 0 Å². The summed E-state index contributed by atoms with van der Waals surface area (Å²) in [4.78, 5) is 0.112. The smallest absolute Gasteiger partial charge is 0.225 e. The number of halogens is 1. The maximum absolute atomic E-state index is 12.2. The van der Waals surface area contributed by atoms with Gasteiger partial charge in [0.2, 0.25) is 20.0 Å². The fourth-order valence-corrected chi connectivity index (χ4v) is 4.25. The quantitative estimate of drug-likeness (QED) is 0.788. The predicted octanol–water partition coefficient (Wildman–Crippen LogP) is 1.57. The third-order valence-electron chi connectivity index (χ3n) is 2.84. The van der Waals surface area contributed by atoms with Crippen LogP contribution < -0.4 is 9.86 Å². The van der Waals surface area contributed by atoms with Crippen molar-refractivity contribution in [1.82, 2.24) is 4.72 Å². The summed E-state index contributed by atoms with van der Waals surface area (Å²) in [6, 6.07) is 12.1. The van der Waals surface area contributed by atoms with Gasteiger partial charge in [-0.1, -0.05) is 24.3 Å². The second-order valence-corrected chi connectivity index (χ2v) is 8.60. The van der Waals surface area contributed by atoms with E-state index in [1.165, 1.54) is 30.3 Å². The molecule has 0 saturated heterocycles. The molecule has 2 rings (SSSR count). The fourth-order valence-electron chi connectivity index (χ4n) is 1.72. The molecule has 2 aromatic rings. The molecule has 0 aliphatic rings. The van der Waals surface area contributed by atoms with Crippen LogP contribution in [-0.4, -0.2) is 16.8 Å². The van der Waals surface area contributed by atoms with Crippen molar-refractivity contribution >= 4 is 36.0 Å². The molecular formula is C13H13BrN2O4S2. The van der Waals surface area contributed by atoms with Crippen molar-refractivity contribution in [2.24, 2.45) is 5.14 Å². The fraction of sp³-hybridized carbons (Fsp3) is 0.0769. The van der Waals surface area contributed by atoms with E-state index in [9.17, 15) is 16.8 Å². The highest BCUT2D eigenvalue weighted by Crippen LogP contribution is 2.21. The van der Waals surface area contributed by atoms with Crippen LogP contribution in [0, 0.1) is 0 Å². The van der Waals surface area contributed by atoms with E-state index in [1.807, 2.05) is 0 Å². The first-order valence-electron chi connectivity index (χ1n) is 6.06. The normalized spacial score (nSPS) is 12.3. The van der Waals surface area contributed by atoms with Gasteiger partial charge in [-0.15, -0.1) is 0 Å². The van der Waals surface area contributed by atoms with Gasteiger partial charge >= 0.3 is 0 Å². The molecule has 2 aromatic carbocycles. The predicted molar refractivity (Wildman–Crippen MR) is 86.0 cm³/mol. The van der Waals surface area contributed by atoms with E-state index in [1.54, 1.807) is 18.2 Å². The monoisotopic (exact) mass is 404 g/mol. The molecule has 0 saturated carbocycles.